The van der Waals surface area contributed by atoms with Crippen LogP contribution in [0.4, 0.5) is 0 Å². The maximum Gasteiger partial charge on any atom is 0.307 e. The molecule has 5 heteroatoms. The van der Waals surface area contributed by atoms with Gasteiger partial charge in [0, 0.05) is 6.54 Å². The van der Waals surface area contributed by atoms with Crippen LogP contribution in [0.5, 0.6) is 5.75 Å². The Labute approximate surface area is 130 Å². The summed E-state index contributed by atoms with van der Waals surface area (Å²) in [4.78, 5) is 23.2. The first-order valence-electron chi connectivity index (χ1n) is 7.43. The van der Waals surface area contributed by atoms with E-state index in [1.54, 1.807) is 7.11 Å². The zero-order valence-corrected chi connectivity index (χ0v) is 13.5. The van der Waals surface area contributed by atoms with Crippen molar-refractivity contribution in [1.29, 1.82) is 0 Å². The third-order valence-corrected chi connectivity index (χ3v) is 4.56. The van der Waals surface area contributed by atoms with Gasteiger partial charge in [0.05, 0.1) is 18.9 Å². The van der Waals surface area contributed by atoms with Gasteiger partial charge in [-0.15, -0.1) is 0 Å². The van der Waals surface area contributed by atoms with Gasteiger partial charge in [0.1, 0.15) is 5.75 Å². The molecule has 5 nitrogen and oxygen atoms in total. The monoisotopic (exact) mass is 305 g/mol. The summed E-state index contributed by atoms with van der Waals surface area (Å²) in [5, 5.41) is 11.9. The predicted octanol–water partition coefficient (Wildman–Crippen LogP) is 2.02. The van der Waals surface area contributed by atoms with Crippen molar-refractivity contribution in [3.63, 3.8) is 0 Å². The number of carbonyl (C=O) groups is 2. The van der Waals surface area contributed by atoms with Gasteiger partial charge in [0.2, 0.25) is 5.91 Å². The molecule has 1 fully saturated rings. The lowest BCUT2D eigenvalue weighted by Crippen LogP contribution is -2.29. The second-order valence-electron chi connectivity index (χ2n) is 6.46. The topological polar surface area (TPSA) is 75.6 Å². The molecule has 1 amide bonds. The average Bonchev–Trinajstić information content (AvgIpc) is 3.03. The van der Waals surface area contributed by atoms with Gasteiger partial charge in [-0.05, 0) is 36.0 Å². The number of hydrogen-bond acceptors (Lipinski definition) is 3. The third kappa shape index (κ3) is 3.08. The smallest absolute Gasteiger partial charge is 0.307 e. The minimum atomic E-state index is -0.895. The molecule has 1 saturated carbocycles. The average molecular weight is 305 g/mol. The van der Waals surface area contributed by atoms with Crippen molar-refractivity contribution >= 4 is 11.9 Å². The van der Waals surface area contributed by atoms with Crippen molar-refractivity contribution < 1.29 is 19.4 Å². The Hall–Kier alpha value is -2.04. The molecule has 0 radical (unpaired) electrons. The van der Waals surface area contributed by atoms with Crippen LogP contribution in [0.25, 0.3) is 0 Å². The van der Waals surface area contributed by atoms with Crippen LogP contribution in [0.3, 0.4) is 0 Å². The highest BCUT2D eigenvalue weighted by Crippen LogP contribution is 2.58. The Morgan fingerprint density at radius 1 is 1.32 bits per heavy atom. The number of ether oxygens (including phenoxy) is 1. The van der Waals surface area contributed by atoms with Gasteiger partial charge >= 0.3 is 5.97 Å². The molecule has 0 aromatic heterocycles. The zero-order valence-electron chi connectivity index (χ0n) is 13.5. The highest BCUT2D eigenvalue weighted by Gasteiger charge is 2.65. The molecule has 1 aromatic carbocycles. The van der Waals surface area contributed by atoms with E-state index in [4.69, 9.17) is 9.84 Å². The van der Waals surface area contributed by atoms with Crippen molar-refractivity contribution in [3.05, 3.63) is 29.3 Å². The molecule has 1 aromatic rings. The Morgan fingerprint density at radius 3 is 2.55 bits per heavy atom. The zero-order chi connectivity index (χ0) is 16.5. The van der Waals surface area contributed by atoms with Gasteiger partial charge in [-0.1, -0.05) is 26.0 Å². The first-order valence-corrected chi connectivity index (χ1v) is 7.43. The third-order valence-electron chi connectivity index (χ3n) is 4.56. The first-order chi connectivity index (χ1) is 10.3. The Bertz CT molecular complexity index is 594. The quantitative estimate of drug-likeness (QED) is 0.843. The summed E-state index contributed by atoms with van der Waals surface area (Å²) in [6.45, 7) is 6.11. The molecule has 1 aliphatic carbocycles. The second-order valence-corrected chi connectivity index (χ2v) is 6.46. The number of carboxylic acid groups (broad SMARTS) is 1. The summed E-state index contributed by atoms with van der Waals surface area (Å²) in [5.74, 6) is -1.24. The van der Waals surface area contributed by atoms with Crippen molar-refractivity contribution in [1.82, 2.24) is 5.32 Å². The number of methoxy groups -OCH3 is 1. The summed E-state index contributed by atoms with van der Waals surface area (Å²) in [7, 11) is 1.63. The number of rotatable bonds is 6. The summed E-state index contributed by atoms with van der Waals surface area (Å²) >= 11 is 0. The van der Waals surface area contributed by atoms with Crippen LogP contribution >= 0.6 is 0 Å². The summed E-state index contributed by atoms with van der Waals surface area (Å²) in [6, 6.07) is 5.95. The van der Waals surface area contributed by atoms with E-state index < -0.39 is 23.2 Å². The van der Waals surface area contributed by atoms with Gasteiger partial charge in [-0.3, -0.25) is 9.59 Å². The number of nitrogens with one attached hydrogen (secondary N) is 1. The fraction of sp³-hybridized carbons (Fsp3) is 0.529. The molecule has 0 spiro atoms. The summed E-state index contributed by atoms with van der Waals surface area (Å²) in [5.41, 5.74) is 1.69. The number of aliphatic carboxylic acids is 1. The highest BCUT2D eigenvalue weighted by molar-refractivity contribution is 5.91. The summed E-state index contributed by atoms with van der Waals surface area (Å²) in [6.07, 6.45) is 0.688. The number of hydrogen-bond donors (Lipinski definition) is 2. The molecular formula is C17H23NO4. The SMILES string of the molecule is COc1cc(CCNC(=O)[C@@H]2[C@H](C(=O)O)C2(C)C)ccc1C. The van der Waals surface area contributed by atoms with E-state index in [1.165, 1.54) is 0 Å². The Kier molecular flexibility index (Phi) is 4.44. The number of aryl methyl sites for hydroxylation is 1. The molecule has 22 heavy (non-hydrogen) atoms. The van der Waals surface area contributed by atoms with Gasteiger partial charge in [0.15, 0.2) is 0 Å². The maximum absolute atomic E-state index is 12.1. The van der Waals surface area contributed by atoms with Gasteiger partial charge < -0.3 is 15.2 Å². The maximum atomic E-state index is 12.1. The van der Waals surface area contributed by atoms with Gasteiger partial charge in [0.25, 0.3) is 0 Å². The molecule has 0 unspecified atom stereocenters. The molecule has 0 saturated heterocycles. The molecule has 1 aliphatic rings. The Balaban J connectivity index is 1.87. The number of carboxylic acids is 1. The van der Waals surface area contributed by atoms with Crippen LogP contribution < -0.4 is 10.1 Å². The van der Waals surface area contributed by atoms with Crippen LogP contribution in [0, 0.1) is 24.2 Å². The minimum Gasteiger partial charge on any atom is -0.496 e. The summed E-state index contributed by atoms with van der Waals surface area (Å²) < 4.78 is 5.28. The van der Waals surface area contributed by atoms with Crippen molar-refractivity contribution in [2.45, 2.75) is 27.2 Å². The number of carbonyl (C=O) groups excluding carboxylic acids is 1. The van der Waals surface area contributed by atoms with Gasteiger partial charge in [-0.25, -0.2) is 0 Å². The molecule has 0 aliphatic heterocycles. The fourth-order valence-corrected chi connectivity index (χ4v) is 3.05. The number of benzene rings is 1. The van der Waals surface area contributed by atoms with Crippen LogP contribution in [-0.2, 0) is 16.0 Å². The van der Waals surface area contributed by atoms with Crippen molar-refractivity contribution in [2.24, 2.45) is 17.3 Å². The first kappa shape index (κ1) is 16.3. The van der Waals surface area contributed by atoms with E-state index in [0.29, 0.717) is 13.0 Å². The minimum absolute atomic E-state index is 0.170. The molecule has 0 heterocycles. The van der Waals surface area contributed by atoms with E-state index in [2.05, 4.69) is 5.32 Å². The predicted molar refractivity (Wildman–Crippen MR) is 82.8 cm³/mol. The Morgan fingerprint density at radius 2 is 2.00 bits per heavy atom. The van der Waals surface area contributed by atoms with E-state index in [9.17, 15) is 9.59 Å². The van der Waals surface area contributed by atoms with Crippen LogP contribution in [-0.4, -0.2) is 30.6 Å². The van der Waals surface area contributed by atoms with E-state index >= 15 is 0 Å². The lowest BCUT2D eigenvalue weighted by atomic mass is 10.1. The normalized spacial score (nSPS) is 22.0. The van der Waals surface area contributed by atoms with E-state index in [1.807, 2.05) is 39.0 Å². The van der Waals surface area contributed by atoms with E-state index in [0.717, 1.165) is 16.9 Å². The van der Waals surface area contributed by atoms with E-state index in [-0.39, 0.29) is 5.91 Å². The van der Waals surface area contributed by atoms with Crippen LogP contribution in [0.1, 0.15) is 25.0 Å². The van der Waals surface area contributed by atoms with Crippen LogP contribution in [0.15, 0.2) is 18.2 Å². The van der Waals surface area contributed by atoms with Crippen molar-refractivity contribution in [3.8, 4) is 5.75 Å². The standard InChI is InChI=1S/C17H23NO4/c1-10-5-6-11(9-12(10)22-4)7-8-18-15(19)13-14(16(20)21)17(13,2)3/h5-6,9,13-14H,7-8H2,1-4H3,(H,18,19)(H,20,21)/t13-,14+/m0/s1. The largest absolute Gasteiger partial charge is 0.496 e. The van der Waals surface area contributed by atoms with Crippen molar-refractivity contribution in [2.75, 3.05) is 13.7 Å². The highest BCUT2D eigenvalue weighted by atomic mass is 16.5. The fourth-order valence-electron chi connectivity index (χ4n) is 3.05. The molecule has 2 N–H and O–H groups in total. The molecule has 2 rings (SSSR count). The van der Waals surface area contributed by atoms with Crippen LogP contribution in [0.2, 0.25) is 0 Å². The molecule has 120 valence electrons. The number of amides is 1. The molecule has 0 bridgehead atoms. The molecular weight excluding hydrogens is 282 g/mol. The molecule has 2 atom stereocenters. The van der Waals surface area contributed by atoms with Gasteiger partial charge in [-0.2, -0.15) is 0 Å². The lowest BCUT2D eigenvalue weighted by Gasteiger charge is -2.09. The lowest BCUT2D eigenvalue weighted by molar-refractivity contribution is -0.140. The second kappa shape index (κ2) is 5.99.